The van der Waals surface area contributed by atoms with Crippen LogP contribution in [0.5, 0.6) is 5.75 Å². The van der Waals surface area contributed by atoms with Crippen molar-refractivity contribution < 1.29 is 4.74 Å². The van der Waals surface area contributed by atoms with E-state index in [2.05, 4.69) is 14.6 Å². The van der Waals surface area contributed by atoms with E-state index in [9.17, 15) is 0 Å². The number of fused-ring (bicyclic) bond motifs is 1. The Morgan fingerprint density at radius 3 is 3.00 bits per heavy atom. The van der Waals surface area contributed by atoms with E-state index in [0.717, 1.165) is 16.7 Å². The summed E-state index contributed by atoms with van der Waals surface area (Å²) in [6, 6.07) is 7.86. The van der Waals surface area contributed by atoms with Crippen LogP contribution in [-0.2, 0) is 6.54 Å². The highest BCUT2D eigenvalue weighted by Gasteiger charge is 2.07. The summed E-state index contributed by atoms with van der Waals surface area (Å²) in [5.74, 6) is 0.859. The lowest BCUT2D eigenvalue weighted by Crippen LogP contribution is -2.08. The summed E-state index contributed by atoms with van der Waals surface area (Å²) in [5, 5.41) is 4.75. The van der Waals surface area contributed by atoms with Crippen molar-refractivity contribution >= 4 is 10.9 Å². The molecule has 0 saturated heterocycles. The molecule has 1 heterocycles. The van der Waals surface area contributed by atoms with E-state index in [4.69, 9.17) is 10.3 Å². The Hall–Kier alpha value is -2.13. The maximum absolute atomic E-state index is 8.39. The SMILES string of the molecule is COc1cccc2c1ccn2CC(C)N=[N+]=[N-]. The first-order chi connectivity index (χ1) is 8.26. The average Bonchev–Trinajstić information content (AvgIpc) is 2.73. The van der Waals surface area contributed by atoms with Crippen molar-refractivity contribution in [3.63, 3.8) is 0 Å². The van der Waals surface area contributed by atoms with Crippen molar-refractivity contribution in [2.45, 2.75) is 19.5 Å². The van der Waals surface area contributed by atoms with Crippen LogP contribution in [0.4, 0.5) is 0 Å². The average molecular weight is 230 g/mol. The second-order valence-corrected chi connectivity index (χ2v) is 3.92. The molecule has 1 atom stereocenters. The second kappa shape index (κ2) is 4.80. The van der Waals surface area contributed by atoms with Gasteiger partial charge in [0.25, 0.3) is 0 Å². The molecule has 0 aliphatic carbocycles. The van der Waals surface area contributed by atoms with Crippen LogP contribution in [0.15, 0.2) is 35.6 Å². The van der Waals surface area contributed by atoms with Crippen LogP contribution in [0.25, 0.3) is 21.3 Å². The third-order valence-corrected chi connectivity index (χ3v) is 2.70. The highest BCUT2D eigenvalue weighted by Crippen LogP contribution is 2.26. The number of rotatable bonds is 4. The normalized spacial score (nSPS) is 12.1. The predicted molar refractivity (Wildman–Crippen MR) is 67.1 cm³/mol. The van der Waals surface area contributed by atoms with Crippen LogP contribution in [0.2, 0.25) is 0 Å². The number of hydrogen-bond acceptors (Lipinski definition) is 2. The van der Waals surface area contributed by atoms with Crippen molar-refractivity contribution in [1.82, 2.24) is 4.57 Å². The van der Waals surface area contributed by atoms with Crippen molar-refractivity contribution in [3.8, 4) is 5.75 Å². The first kappa shape index (κ1) is 11.4. The Kier molecular flexibility index (Phi) is 3.21. The predicted octanol–water partition coefficient (Wildman–Crippen LogP) is 3.35. The molecular formula is C12H14N4O. The molecule has 0 aliphatic rings. The quantitative estimate of drug-likeness (QED) is 0.451. The summed E-state index contributed by atoms with van der Waals surface area (Å²) in [7, 11) is 1.66. The first-order valence-corrected chi connectivity index (χ1v) is 5.42. The van der Waals surface area contributed by atoms with E-state index < -0.39 is 0 Å². The van der Waals surface area contributed by atoms with Crippen LogP contribution in [-0.4, -0.2) is 17.7 Å². The van der Waals surface area contributed by atoms with Gasteiger partial charge in [-0.1, -0.05) is 18.1 Å². The maximum atomic E-state index is 8.39. The summed E-state index contributed by atoms with van der Waals surface area (Å²) in [4.78, 5) is 2.82. The summed E-state index contributed by atoms with van der Waals surface area (Å²) in [5.41, 5.74) is 9.48. The fraction of sp³-hybridized carbons (Fsp3) is 0.333. The van der Waals surface area contributed by atoms with E-state index in [1.54, 1.807) is 7.11 Å². The minimum Gasteiger partial charge on any atom is -0.496 e. The van der Waals surface area contributed by atoms with E-state index in [1.165, 1.54) is 0 Å². The van der Waals surface area contributed by atoms with E-state index in [-0.39, 0.29) is 6.04 Å². The molecule has 0 N–H and O–H groups in total. The van der Waals surface area contributed by atoms with Crippen LogP contribution in [0, 0.1) is 0 Å². The Labute approximate surface area is 99.2 Å². The third kappa shape index (κ3) is 2.19. The standard InChI is InChI=1S/C12H14N4O/c1-9(14-15-13)8-16-7-6-10-11(16)4-3-5-12(10)17-2/h3-7,9H,8H2,1-2H3. The largest absolute Gasteiger partial charge is 0.496 e. The molecule has 5 heteroatoms. The zero-order chi connectivity index (χ0) is 12.3. The molecule has 5 nitrogen and oxygen atoms in total. The molecule has 17 heavy (non-hydrogen) atoms. The van der Waals surface area contributed by atoms with Crippen molar-refractivity contribution in [2.75, 3.05) is 7.11 Å². The minimum absolute atomic E-state index is 0.0678. The van der Waals surface area contributed by atoms with Gasteiger partial charge in [-0.05, 0) is 23.7 Å². The summed E-state index contributed by atoms with van der Waals surface area (Å²) in [6.45, 7) is 2.56. The number of hydrogen-bond donors (Lipinski definition) is 0. The lowest BCUT2D eigenvalue weighted by Gasteiger charge is -2.08. The van der Waals surface area contributed by atoms with Crippen LogP contribution in [0.1, 0.15) is 6.92 Å². The molecule has 1 aromatic carbocycles. The van der Waals surface area contributed by atoms with E-state index in [0.29, 0.717) is 6.54 Å². The van der Waals surface area contributed by atoms with Crippen LogP contribution >= 0.6 is 0 Å². The third-order valence-electron chi connectivity index (χ3n) is 2.70. The molecule has 88 valence electrons. The topological polar surface area (TPSA) is 62.9 Å². The number of methoxy groups -OCH3 is 1. The molecule has 1 aromatic heterocycles. The second-order valence-electron chi connectivity index (χ2n) is 3.92. The highest BCUT2D eigenvalue weighted by molar-refractivity contribution is 5.86. The number of azide groups is 1. The summed E-state index contributed by atoms with van der Waals surface area (Å²) in [6.07, 6.45) is 1.98. The van der Waals surface area contributed by atoms with Gasteiger partial charge in [-0.25, -0.2) is 0 Å². The molecule has 0 fully saturated rings. The zero-order valence-electron chi connectivity index (χ0n) is 9.87. The van der Waals surface area contributed by atoms with Crippen molar-refractivity contribution in [3.05, 3.63) is 40.9 Å². The molecule has 0 bridgehead atoms. The van der Waals surface area contributed by atoms with Crippen LogP contribution in [0.3, 0.4) is 0 Å². The highest BCUT2D eigenvalue weighted by atomic mass is 16.5. The first-order valence-electron chi connectivity index (χ1n) is 5.42. The number of aromatic nitrogens is 1. The zero-order valence-corrected chi connectivity index (χ0v) is 9.87. The van der Waals surface area contributed by atoms with Gasteiger partial charge in [-0.15, -0.1) is 0 Å². The summed E-state index contributed by atoms with van der Waals surface area (Å²) < 4.78 is 7.36. The smallest absolute Gasteiger partial charge is 0.128 e. The van der Waals surface area contributed by atoms with Gasteiger partial charge in [0.15, 0.2) is 0 Å². The molecule has 0 amide bonds. The molecular weight excluding hydrogens is 216 g/mol. The lowest BCUT2D eigenvalue weighted by molar-refractivity contribution is 0.420. The molecule has 0 saturated carbocycles. The van der Waals surface area contributed by atoms with Gasteiger partial charge in [0.1, 0.15) is 5.75 Å². The molecule has 0 radical (unpaired) electrons. The van der Waals surface area contributed by atoms with Crippen molar-refractivity contribution in [1.29, 1.82) is 0 Å². The van der Waals surface area contributed by atoms with Gasteiger partial charge in [0.2, 0.25) is 0 Å². The fourth-order valence-corrected chi connectivity index (χ4v) is 1.94. The maximum Gasteiger partial charge on any atom is 0.128 e. The Morgan fingerprint density at radius 1 is 1.47 bits per heavy atom. The molecule has 2 rings (SSSR count). The van der Waals surface area contributed by atoms with Gasteiger partial charge < -0.3 is 9.30 Å². The van der Waals surface area contributed by atoms with Gasteiger partial charge in [-0.2, -0.15) is 0 Å². The number of benzene rings is 1. The monoisotopic (exact) mass is 230 g/mol. The fourth-order valence-electron chi connectivity index (χ4n) is 1.94. The van der Waals surface area contributed by atoms with E-state index in [1.807, 2.05) is 37.4 Å². The molecule has 0 spiro atoms. The Morgan fingerprint density at radius 2 is 2.29 bits per heavy atom. The Bertz CT molecular complexity index is 569. The van der Waals surface area contributed by atoms with Gasteiger partial charge in [-0.3, -0.25) is 0 Å². The lowest BCUT2D eigenvalue weighted by atomic mass is 10.2. The number of nitrogens with zero attached hydrogens (tertiary/aromatic N) is 4. The van der Waals surface area contributed by atoms with Gasteiger partial charge in [0, 0.05) is 23.0 Å². The molecule has 1 unspecified atom stereocenters. The molecule has 0 aliphatic heterocycles. The van der Waals surface area contributed by atoms with Gasteiger partial charge in [0.05, 0.1) is 18.7 Å². The Balaban J connectivity index is 2.39. The summed E-state index contributed by atoms with van der Waals surface area (Å²) >= 11 is 0. The van der Waals surface area contributed by atoms with E-state index >= 15 is 0 Å². The van der Waals surface area contributed by atoms with Crippen LogP contribution < -0.4 is 4.74 Å². The number of ether oxygens (including phenoxy) is 1. The molecule has 2 aromatic rings. The van der Waals surface area contributed by atoms with Gasteiger partial charge >= 0.3 is 0 Å². The van der Waals surface area contributed by atoms with Crippen molar-refractivity contribution in [2.24, 2.45) is 5.11 Å². The minimum atomic E-state index is -0.0678.